The first-order valence-electron chi connectivity index (χ1n) is 17.6. The second kappa shape index (κ2) is 12.9. The second-order valence-corrected chi connectivity index (χ2v) is 14.2. The fourth-order valence-corrected chi connectivity index (χ4v) is 9.26. The number of carboxylic acids is 1. The topological polar surface area (TPSA) is 163 Å². The van der Waals surface area contributed by atoms with Crippen LogP contribution < -0.4 is 19.8 Å². The van der Waals surface area contributed by atoms with E-state index in [1.807, 2.05) is 31.2 Å². The number of nitrogens with one attached hydrogen (secondary N) is 1. The van der Waals surface area contributed by atoms with E-state index in [2.05, 4.69) is 5.43 Å². The molecule has 4 aliphatic rings. The Hall–Kier alpha value is -6.43. The van der Waals surface area contributed by atoms with Crippen LogP contribution in [0.15, 0.2) is 103 Å². The Bertz CT molecular complexity index is 2270. The van der Waals surface area contributed by atoms with Crippen molar-refractivity contribution >= 4 is 41.0 Å². The van der Waals surface area contributed by atoms with E-state index >= 15 is 4.79 Å². The van der Waals surface area contributed by atoms with Crippen LogP contribution in [-0.4, -0.2) is 59.0 Å². The Morgan fingerprint density at radius 2 is 1.59 bits per heavy atom. The van der Waals surface area contributed by atoms with E-state index in [1.165, 1.54) is 44.6 Å². The van der Waals surface area contributed by atoms with E-state index in [9.17, 15) is 29.4 Å². The van der Waals surface area contributed by atoms with Gasteiger partial charge in [0.25, 0.3) is 11.8 Å². The van der Waals surface area contributed by atoms with Gasteiger partial charge in [-0.2, -0.15) is 5.01 Å². The van der Waals surface area contributed by atoms with Crippen LogP contribution in [0.1, 0.15) is 45.8 Å². The van der Waals surface area contributed by atoms with Crippen molar-refractivity contribution in [2.75, 3.05) is 24.5 Å². The van der Waals surface area contributed by atoms with Gasteiger partial charge in [0.05, 0.1) is 54.3 Å². The highest BCUT2D eigenvalue weighted by Crippen LogP contribution is 2.66. The quantitative estimate of drug-likeness (QED) is 0.154. The summed E-state index contributed by atoms with van der Waals surface area (Å²) >= 11 is 0. The molecule has 2 heterocycles. The number of aromatic carboxylic acids is 1. The van der Waals surface area contributed by atoms with Crippen LogP contribution in [0.4, 0.5) is 11.4 Å². The number of benzene rings is 4. The highest BCUT2D eigenvalue weighted by atomic mass is 16.5. The molecule has 4 aromatic rings. The number of rotatable bonds is 8. The van der Waals surface area contributed by atoms with Crippen LogP contribution in [0.2, 0.25) is 0 Å². The third kappa shape index (κ3) is 5.00. The van der Waals surface area contributed by atoms with Crippen LogP contribution in [0, 0.1) is 30.6 Å². The van der Waals surface area contributed by atoms with E-state index in [0.29, 0.717) is 22.6 Å². The minimum Gasteiger partial charge on any atom is -0.507 e. The summed E-state index contributed by atoms with van der Waals surface area (Å²) in [6.07, 6.45) is 2.04. The first-order valence-corrected chi connectivity index (χ1v) is 17.6. The number of fused-ring (bicyclic) bond motifs is 4. The number of methoxy groups -OCH3 is 2. The predicted octanol–water partition coefficient (Wildman–Crippen LogP) is 5.61. The van der Waals surface area contributed by atoms with Gasteiger partial charge in [0.2, 0.25) is 11.8 Å². The van der Waals surface area contributed by atoms with E-state index in [-0.39, 0.29) is 41.2 Å². The molecule has 1 saturated carbocycles. The van der Waals surface area contributed by atoms with Gasteiger partial charge >= 0.3 is 5.97 Å². The van der Waals surface area contributed by atoms with Crippen molar-refractivity contribution in [1.82, 2.24) is 5.01 Å². The number of carbonyl (C=O) groups is 5. The lowest BCUT2D eigenvalue weighted by atomic mass is 9.49. The molecule has 274 valence electrons. The Kier molecular flexibility index (Phi) is 8.28. The Morgan fingerprint density at radius 1 is 0.852 bits per heavy atom. The monoisotopic (exact) mass is 727 g/mol. The summed E-state index contributed by atoms with van der Waals surface area (Å²) < 4.78 is 11.3. The zero-order valence-electron chi connectivity index (χ0n) is 29.7. The molecular formula is C42H37N3O9. The normalized spacial score (nSPS) is 25.8. The van der Waals surface area contributed by atoms with E-state index in [4.69, 9.17) is 9.47 Å². The highest BCUT2D eigenvalue weighted by Gasteiger charge is 2.71. The van der Waals surface area contributed by atoms with E-state index in [0.717, 1.165) is 15.5 Å². The number of imide groups is 2. The maximum atomic E-state index is 15.4. The van der Waals surface area contributed by atoms with Gasteiger partial charge in [-0.25, -0.2) is 4.79 Å². The molecule has 4 aromatic carbocycles. The van der Waals surface area contributed by atoms with Crippen LogP contribution in [0.5, 0.6) is 17.2 Å². The molecule has 8 rings (SSSR count). The summed E-state index contributed by atoms with van der Waals surface area (Å²) in [6, 6.07) is 24.9. The molecule has 0 aromatic heterocycles. The number of allylic oxidation sites excluding steroid dienone is 2. The van der Waals surface area contributed by atoms with Crippen molar-refractivity contribution in [2.45, 2.75) is 31.1 Å². The first kappa shape index (κ1) is 34.6. The van der Waals surface area contributed by atoms with Crippen molar-refractivity contribution in [2.24, 2.45) is 23.7 Å². The molecule has 12 heteroatoms. The maximum Gasteiger partial charge on any atom is 0.335 e. The number of aromatic hydroxyl groups is 1. The lowest BCUT2D eigenvalue weighted by Crippen LogP contribution is -2.53. The molecule has 3 fully saturated rings. The number of nitrogens with zero attached hydrogens (tertiary/aromatic N) is 2. The minimum atomic E-state index is -1.63. The average molecular weight is 728 g/mol. The van der Waals surface area contributed by atoms with Crippen molar-refractivity contribution in [3.05, 3.63) is 125 Å². The minimum absolute atomic E-state index is 0.0380. The van der Waals surface area contributed by atoms with Crippen LogP contribution in [0.25, 0.3) is 0 Å². The summed E-state index contributed by atoms with van der Waals surface area (Å²) in [5, 5.41) is 22.6. The van der Waals surface area contributed by atoms with Gasteiger partial charge in [0.1, 0.15) is 17.2 Å². The SMILES string of the molecule is COc1cc(O)c([C@H]2C3=CC[C@@H]4C(=O)N(c5cccc(C(=O)O)c5)C(=O)[C@@H]4[C@@H]3C[C@H]3C(=O)N(Nc4ccc(C)cc4)C(=O)[C@@]23c2ccccc2)c(OC)c1. The van der Waals surface area contributed by atoms with Crippen molar-refractivity contribution < 1.29 is 43.7 Å². The molecule has 2 aliphatic carbocycles. The van der Waals surface area contributed by atoms with Crippen LogP contribution >= 0.6 is 0 Å². The molecule has 0 spiro atoms. The molecule has 0 bridgehead atoms. The van der Waals surface area contributed by atoms with Gasteiger partial charge in [-0.05, 0) is 61.6 Å². The predicted molar refractivity (Wildman–Crippen MR) is 196 cm³/mol. The van der Waals surface area contributed by atoms with Crippen LogP contribution in [-0.2, 0) is 24.6 Å². The van der Waals surface area contributed by atoms with E-state index in [1.54, 1.807) is 42.5 Å². The number of anilines is 2. The fourth-order valence-electron chi connectivity index (χ4n) is 9.26. The number of hydrazine groups is 1. The number of phenolic OH excluding ortho intramolecular Hbond substituents is 1. The van der Waals surface area contributed by atoms with Gasteiger partial charge < -0.3 is 19.7 Å². The summed E-state index contributed by atoms with van der Waals surface area (Å²) in [6.45, 7) is 1.93. The van der Waals surface area contributed by atoms with Crippen molar-refractivity contribution in [1.29, 1.82) is 0 Å². The number of amides is 4. The number of carboxylic acid groups (broad SMARTS) is 1. The van der Waals surface area contributed by atoms with Crippen molar-refractivity contribution in [3.63, 3.8) is 0 Å². The summed E-state index contributed by atoms with van der Waals surface area (Å²) in [5.41, 5.74) is 4.38. The molecule has 12 nitrogen and oxygen atoms in total. The molecule has 0 unspecified atom stereocenters. The Labute approximate surface area is 310 Å². The molecule has 4 amide bonds. The number of aryl methyl sites for hydroxylation is 1. The summed E-state index contributed by atoms with van der Waals surface area (Å²) in [7, 11) is 2.88. The van der Waals surface area contributed by atoms with Gasteiger partial charge in [0.15, 0.2) is 0 Å². The molecule has 0 radical (unpaired) electrons. The van der Waals surface area contributed by atoms with E-state index < -0.39 is 64.6 Å². The molecule has 54 heavy (non-hydrogen) atoms. The van der Waals surface area contributed by atoms with Gasteiger partial charge in [-0.1, -0.05) is 65.7 Å². The molecule has 2 saturated heterocycles. The third-order valence-corrected chi connectivity index (χ3v) is 11.6. The summed E-state index contributed by atoms with van der Waals surface area (Å²) in [4.78, 5) is 71.9. The van der Waals surface area contributed by atoms with Gasteiger partial charge in [-0.3, -0.25) is 29.5 Å². The molecular weight excluding hydrogens is 690 g/mol. The summed E-state index contributed by atoms with van der Waals surface area (Å²) in [5.74, 6) is -7.55. The van der Waals surface area contributed by atoms with Crippen LogP contribution in [0.3, 0.4) is 0 Å². The highest BCUT2D eigenvalue weighted by molar-refractivity contribution is 6.23. The number of hydrogen-bond donors (Lipinski definition) is 3. The number of carbonyl (C=O) groups excluding carboxylic acids is 4. The fraction of sp³-hybridized carbons (Fsp3) is 0.262. The molecule has 6 atom stereocenters. The molecule has 3 N–H and O–H groups in total. The first-order chi connectivity index (χ1) is 26.0. The lowest BCUT2D eigenvalue weighted by molar-refractivity contribution is -0.138. The standard InChI is InChI=1S/C42H37N3O9/c1-22-12-14-25(15-13-22)43-45-38(48)31-21-30-28(16-17-29-34(30)39(49)44(37(29)47)26-11-7-8-23(18-26)40(50)51)36(35-32(46)19-27(53-2)20-33(35)54-3)42(31,41(45)52)24-9-5-4-6-10-24/h4-16,18-20,29-31,34,36,43,46H,17,21H2,1-3H3,(H,50,51)/t29-,30+,31-,34-,36+,42+/m0/s1. The largest absolute Gasteiger partial charge is 0.507 e. The van der Waals surface area contributed by atoms with Gasteiger partial charge in [-0.15, -0.1) is 0 Å². The third-order valence-electron chi connectivity index (χ3n) is 11.6. The second-order valence-electron chi connectivity index (χ2n) is 14.2. The average Bonchev–Trinajstić information content (AvgIpc) is 3.56. The molecule has 2 aliphatic heterocycles. The Morgan fingerprint density at radius 3 is 2.28 bits per heavy atom. The van der Waals surface area contributed by atoms with Crippen molar-refractivity contribution in [3.8, 4) is 17.2 Å². The Balaban J connectivity index is 1.35. The maximum absolute atomic E-state index is 15.4. The lowest BCUT2D eigenvalue weighted by Gasteiger charge is -2.50. The zero-order chi connectivity index (χ0) is 38.1. The van der Waals surface area contributed by atoms with Gasteiger partial charge in [0, 0.05) is 23.6 Å². The number of hydrogen-bond acceptors (Lipinski definition) is 9. The number of phenols is 1. The number of ether oxygens (including phenoxy) is 2. The smallest absolute Gasteiger partial charge is 0.335 e. The zero-order valence-corrected chi connectivity index (χ0v) is 29.7.